The number of benzene rings is 2. The van der Waals surface area contributed by atoms with Crippen LogP contribution >= 0.6 is 0 Å². The Morgan fingerprint density at radius 3 is 2.34 bits per heavy atom. The number of aryl methyl sites for hydroxylation is 2. The van der Waals surface area contributed by atoms with Crippen LogP contribution in [0.2, 0.25) is 0 Å². The van der Waals surface area contributed by atoms with Gasteiger partial charge in [-0.1, -0.05) is 29.8 Å². The lowest BCUT2D eigenvalue weighted by atomic mass is 10.0. The number of methoxy groups -OCH3 is 2. The van der Waals surface area contributed by atoms with Gasteiger partial charge in [0.25, 0.3) is 10.0 Å². The summed E-state index contributed by atoms with van der Waals surface area (Å²) in [5, 5.41) is 13.6. The average molecular weight is 454 g/mol. The molecule has 0 saturated carbocycles. The summed E-state index contributed by atoms with van der Waals surface area (Å²) in [5.74, 6) is 0.884. The second-order valence-electron chi connectivity index (χ2n) is 7.29. The number of oxime groups is 1. The minimum absolute atomic E-state index is 0.163. The summed E-state index contributed by atoms with van der Waals surface area (Å²) in [6.45, 7) is 3.83. The van der Waals surface area contributed by atoms with Gasteiger partial charge in [0.1, 0.15) is 0 Å². The fraction of sp³-hybridized carbons (Fsp3) is 0.217. The zero-order chi connectivity index (χ0) is 23.0. The van der Waals surface area contributed by atoms with Gasteiger partial charge in [0.05, 0.1) is 48.3 Å². The molecule has 2 aromatic carbocycles. The van der Waals surface area contributed by atoms with Crippen LogP contribution in [0.4, 0.5) is 0 Å². The van der Waals surface area contributed by atoms with Gasteiger partial charge >= 0.3 is 0 Å². The summed E-state index contributed by atoms with van der Waals surface area (Å²) in [7, 11) is -0.937. The van der Waals surface area contributed by atoms with Gasteiger partial charge < -0.3 is 14.7 Å². The van der Waals surface area contributed by atoms with Crippen molar-refractivity contribution in [1.29, 1.82) is 0 Å². The average Bonchev–Trinajstić information content (AvgIpc) is 3.12. The quantitative estimate of drug-likeness (QED) is 0.268. The highest BCUT2D eigenvalue weighted by molar-refractivity contribution is 7.90. The van der Waals surface area contributed by atoms with Crippen LogP contribution in [0, 0.1) is 6.92 Å². The zero-order valence-electron chi connectivity index (χ0n) is 18.2. The number of nitrogens with zero attached hydrogens (tertiary/aromatic N) is 3. The summed E-state index contributed by atoms with van der Waals surface area (Å²) in [5.41, 5.74) is 3.04. The van der Waals surface area contributed by atoms with Crippen molar-refractivity contribution in [1.82, 2.24) is 8.96 Å². The Morgan fingerprint density at radius 1 is 1.09 bits per heavy atom. The van der Waals surface area contributed by atoms with E-state index in [1.54, 1.807) is 36.4 Å². The second-order valence-corrected chi connectivity index (χ2v) is 9.07. The van der Waals surface area contributed by atoms with Gasteiger partial charge in [-0.25, -0.2) is 12.4 Å². The van der Waals surface area contributed by atoms with E-state index in [1.807, 2.05) is 13.8 Å². The fourth-order valence-electron chi connectivity index (χ4n) is 3.98. The van der Waals surface area contributed by atoms with Crippen molar-refractivity contribution >= 4 is 38.0 Å². The third kappa shape index (κ3) is 3.25. The minimum Gasteiger partial charge on any atom is -0.493 e. The lowest BCUT2D eigenvalue weighted by Gasteiger charge is -2.11. The van der Waals surface area contributed by atoms with Crippen LogP contribution in [0.15, 0.2) is 52.6 Å². The van der Waals surface area contributed by atoms with Gasteiger partial charge in [-0.3, -0.25) is 4.98 Å². The van der Waals surface area contributed by atoms with E-state index >= 15 is 0 Å². The highest BCUT2D eigenvalue weighted by Gasteiger charge is 2.27. The lowest BCUT2D eigenvalue weighted by Crippen LogP contribution is -2.13. The number of ether oxygens (including phenoxy) is 2. The molecule has 1 N–H and O–H groups in total. The monoisotopic (exact) mass is 453 g/mol. The summed E-state index contributed by atoms with van der Waals surface area (Å²) in [6, 6.07) is 10.1. The Hall–Kier alpha value is -3.59. The molecule has 0 atom stereocenters. The predicted octanol–water partition coefficient (Wildman–Crippen LogP) is 4.12. The molecule has 2 aromatic heterocycles. The van der Waals surface area contributed by atoms with E-state index in [1.165, 1.54) is 30.6 Å². The number of pyridine rings is 1. The van der Waals surface area contributed by atoms with Crippen LogP contribution < -0.4 is 9.47 Å². The molecule has 166 valence electrons. The molecule has 0 radical (unpaired) electrons. The Kier molecular flexibility index (Phi) is 5.52. The van der Waals surface area contributed by atoms with E-state index in [0.717, 1.165) is 11.1 Å². The van der Waals surface area contributed by atoms with Gasteiger partial charge in [0.2, 0.25) is 0 Å². The first-order valence-corrected chi connectivity index (χ1v) is 11.4. The van der Waals surface area contributed by atoms with E-state index in [0.29, 0.717) is 45.4 Å². The SMILES string of the molecule is CCc1c(C=NO)ncc2c1c1cc(OC)c(OC)cc1n2S(=O)(=O)c1ccc(C)cc1. The van der Waals surface area contributed by atoms with Crippen LogP contribution in [0.5, 0.6) is 11.5 Å². The van der Waals surface area contributed by atoms with Crippen molar-refractivity contribution in [2.45, 2.75) is 25.2 Å². The van der Waals surface area contributed by atoms with E-state index in [4.69, 9.17) is 14.7 Å². The molecule has 2 heterocycles. The number of fused-ring (bicyclic) bond motifs is 3. The van der Waals surface area contributed by atoms with Crippen molar-refractivity contribution in [3.8, 4) is 11.5 Å². The van der Waals surface area contributed by atoms with Crippen molar-refractivity contribution in [2.24, 2.45) is 5.16 Å². The molecule has 0 unspecified atom stereocenters. The Bertz CT molecular complexity index is 1460. The summed E-state index contributed by atoms with van der Waals surface area (Å²) in [6.07, 6.45) is 3.27. The Labute approximate surface area is 185 Å². The van der Waals surface area contributed by atoms with Crippen LogP contribution in [0.1, 0.15) is 23.7 Å². The molecular formula is C23H23N3O5S. The number of hydrogen-bond acceptors (Lipinski definition) is 7. The summed E-state index contributed by atoms with van der Waals surface area (Å²) in [4.78, 5) is 4.54. The van der Waals surface area contributed by atoms with E-state index in [2.05, 4.69) is 10.1 Å². The van der Waals surface area contributed by atoms with Crippen LogP contribution in [0.3, 0.4) is 0 Å². The Balaban J connectivity index is 2.22. The van der Waals surface area contributed by atoms with Gasteiger partial charge in [-0.2, -0.15) is 0 Å². The van der Waals surface area contributed by atoms with Gasteiger partial charge in [-0.15, -0.1) is 0 Å². The first kappa shape index (κ1) is 21.6. The molecule has 32 heavy (non-hydrogen) atoms. The summed E-state index contributed by atoms with van der Waals surface area (Å²) >= 11 is 0. The van der Waals surface area contributed by atoms with E-state index < -0.39 is 10.0 Å². The molecule has 0 spiro atoms. The predicted molar refractivity (Wildman–Crippen MR) is 123 cm³/mol. The highest BCUT2D eigenvalue weighted by atomic mass is 32.2. The maximum atomic E-state index is 13.8. The lowest BCUT2D eigenvalue weighted by molar-refractivity contribution is 0.321. The molecule has 0 aliphatic carbocycles. The van der Waals surface area contributed by atoms with Crippen LogP contribution in [-0.4, -0.2) is 43.0 Å². The van der Waals surface area contributed by atoms with Gasteiger partial charge in [-0.05, 0) is 37.1 Å². The molecular weight excluding hydrogens is 430 g/mol. The topological polar surface area (TPSA) is 103 Å². The molecule has 8 nitrogen and oxygen atoms in total. The minimum atomic E-state index is -3.96. The maximum Gasteiger partial charge on any atom is 0.268 e. The van der Waals surface area contributed by atoms with Crippen molar-refractivity contribution in [3.63, 3.8) is 0 Å². The van der Waals surface area contributed by atoms with Gasteiger partial charge in [0, 0.05) is 16.8 Å². The van der Waals surface area contributed by atoms with E-state index in [9.17, 15) is 8.42 Å². The second kappa shape index (κ2) is 8.16. The molecule has 0 bridgehead atoms. The molecule has 4 rings (SSSR count). The highest BCUT2D eigenvalue weighted by Crippen LogP contribution is 2.41. The smallest absolute Gasteiger partial charge is 0.268 e. The number of rotatable bonds is 6. The third-order valence-electron chi connectivity index (χ3n) is 5.49. The van der Waals surface area contributed by atoms with Crippen LogP contribution in [-0.2, 0) is 16.4 Å². The van der Waals surface area contributed by atoms with Crippen molar-refractivity contribution in [3.05, 3.63) is 59.4 Å². The molecule has 4 aromatic rings. The molecule has 9 heteroatoms. The number of aromatic nitrogens is 2. The molecule has 0 amide bonds. The normalized spacial score (nSPS) is 12.1. The fourth-order valence-corrected chi connectivity index (χ4v) is 5.47. The Morgan fingerprint density at radius 2 is 1.75 bits per heavy atom. The van der Waals surface area contributed by atoms with Crippen LogP contribution in [0.25, 0.3) is 21.8 Å². The molecule has 0 saturated heterocycles. The maximum absolute atomic E-state index is 13.8. The molecule has 0 aliphatic rings. The first-order chi connectivity index (χ1) is 15.4. The summed E-state index contributed by atoms with van der Waals surface area (Å²) < 4.78 is 39.8. The van der Waals surface area contributed by atoms with Gasteiger partial charge in [0.15, 0.2) is 11.5 Å². The standard InChI is InChI=1S/C23H23N3O5S/c1-5-16-18(12-25-27)24-13-20-23(16)17-10-21(30-3)22(31-4)11-19(17)26(20)32(28,29)15-8-6-14(2)7-9-15/h6-13,27H,5H2,1-4H3. The zero-order valence-corrected chi connectivity index (χ0v) is 19.0. The van der Waals surface area contributed by atoms with Crippen molar-refractivity contribution in [2.75, 3.05) is 14.2 Å². The largest absolute Gasteiger partial charge is 0.493 e. The molecule has 0 fully saturated rings. The van der Waals surface area contributed by atoms with E-state index in [-0.39, 0.29) is 4.90 Å². The number of hydrogen-bond donors (Lipinski definition) is 1. The molecule has 0 aliphatic heterocycles. The first-order valence-electron chi connectivity index (χ1n) is 9.95. The third-order valence-corrected chi connectivity index (χ3v) is 7.24. The van der Waals surface area contributed by atoms with Crippen molar-refractivity contribution < 1.29 is 23.1 Å².